The van der Waals surface area contributed by atoms with E-state index in [1.807, 2.05) is 33.0 Å². The number of benzene rings is 2. The Morgan fingerprint density at radius 2 is 1.58 bits per heavy atom. The Kier molecular flexibility index (Phi) is 7.62. The van der Waals surface area contributed by atoms with E-state index in [0.29, 0.717) is 29.8 Å². The van der Waals surface area contributed by atoms with Crippen molar-refractivity contribution < 1.29 is 9.59 Å². The van der Waals surface area contributed by atoms with Crippen LogP contribution in [0.3, 0.4) is 0 Å². The fourth-order valence-corrected chi connectivity index (χ4v) is 2.31. The zero-order chi connectivity index (χ0) is 16.8. The largest absolute Gasteiger partial charge is 0.351 e. The lowest BCUT2D eigenvalue weighted by Crippen LogP contribution is -2.31. The van der Waals surface area contributed by atoms with Crippen LogP contribution in [-0.4, -0.2) is 31.8 Å². The van der Waals surface area contributed by atoms with Crippen LogP contribution in [0.1, 0.15) is 37.4 Å². The smallest absolute Gasteiger partial charge is 0.252 e. The van der Waals surface area contributed by atoms with Crippen LogP contribution in [-0.2, 0) is 0 Å². The molecule has 2 aromatic rings. The highest BCUT2D eigenvalue weighted by Gasteiger charge is 2.18. The molecule has 2 aromatic carbocycles. The summed E-state index contributed by atoms with van der Waals surface area (Å²) in [6.07, 6.45) is 0. The van der Waals surface area contributed by atoms with Crippen molar-refractivity contribution in [2.45, 2.75) is 13.8 Å². The summed E-state index contributed by atoms with van der Waals surface area (Å²) in [5, 5.41) is 5.78. The predicted molar refractivity (Wildman–Crippen MR) is 99.3 cm³/mol. The zero-order valence-electron chi connectivity index (χ0n) is 14.2. The fraction of sp³-hybridized carbons (Fsp3) is 0.263. The van der Waals surface area contributed by atoms with Gasteiger partial charge in [-0.1, -0.05) is 30.3 Å². The van der Waals surface area contributed by atoms with Crippen molar-refractivity contribution in [1.29, 1.82) is 0 Å². The van der Waals surface area contributed by atoms with Gasteiger partial charge in [0.2, 0.25) is 0 Å². The number of hydrogen-bond acceptors (Lipinski definition) is 3. The number of amides is 1. The minimum absolute atomic E-state index is 0. The summed E-state index contributed by atoms with van der Waals surface area (Å²) in [6.45, 7) is 5.18. The third-order valence-electron chi connectivity index (χ3n) is 3.85. The lowest BCUT2D eigenvalue weighted by atomic mass is 9.95. The minimum Gasteiger partial charge on any atom is -0.351 e. The van der Waals surface area contributed by atoms with Crippen molar-refractivity contribution in [1.82, 2.24) is 10.6 Å². The average Bonchev–Trinajstić information content (AvgIpc) is 2.57. The monoisotopic (exact) mass is 346 g/mol. The SMILES string of the molecule is CNCCNC(=O)c1ccccc1C(=O)c1ccc(C)c(C)c1.Cl. The number of carbonyl (C=O) groups is 2. The van der Waals surface area contributed by atoms with Gasteiger partial charge in [0, 0.05) is 24.2 Å². The molecule has 0 saturated carbocycles. The van der Waals surface area contributed by atoms with Crippen LogP contribution in [0.2, 0.25) is 0 Å². The van der Waals surface area contributed by atoms with Crippen molar-refractivity contribution in [3.8, 4) is 0 Å². The van der Waals surface area contributed by atoms with Crippen LogP contribution in [0.5, 0.6) is 0 Å². The van der Waals surface area contributed by atoms with Gasteiger partial charge in [-0.15, -0.1) is 12.4 Å². The van der Waals surface area contributed by atoms with Crippen LogP contribution >= 0.6 is 12.4 Å². The summed E-state index contributed by atoms with van der Waals surface area (Å²) < 4.78 is 0. The van der Waals surface area contributed by atoms with Gasteiger partial charge < -0.3 is 10.6 Å². The summed E-state index contributed by atoms with van der Waals surface area (Å²) in [6, 6.07) is 12.5. The number of hydrogen-bond donors (Lipinski definition) is 2. The van der Waals surface area contributed by atoms with E-state index < -0.39 is 0 Å². The van der Waals surface area contributed by atoms with E-state index in [9.17, 15) is 9.59 Å². The van der Waals surface area contributed by atoms with Crippen molar-refractivity contribution in [2.24, 2.45) is 0 Å². The molecule has 2 rings (SSSR count). The quantitative estimate of drug-likeness (QED) is 0.624. The van der Waals surface area contributed by atoms with Crippen molar-refractivity contribution in [2.75, 3.05) is 20.1 Å². The lowest BCUT2D eigenvalue weighted by Gasteiger charge is -2.10. The molecule has 128 valence electrons. The van der Waals surface area contributed by atoms with E-state index in [2.05, 4.69) is 10.6 Å². The normalized spacial score (nSPS) is 9.96. The minimum atomic E-state index is -0.229. The van der Waals surface area contributed by atoms with Crippen LogP contribution in [0.15, 0.2) is 42.5 Å². The molecule has 0 bridgehead atoms. The highest BCUT2D eigenvalue weighted by Crippen LogP contribution is 2.17. The highest BCUT2D eigenvalue weighted by atomic mass is 35.5. The first kappa shape index (κ1) is 19.9. The molecule has 0 spiro atoms. The zero-order valence-corrected chi connectivity index (χ0v) is 15.0. The molecule has 2 N–H and O–H groups in total. The van der Waals surface area contributed by atoms with Gasteiger partial charge in [-0.2, -0.15) is 0 Å². The molecule has 0 fully saturated rings. The number of carbonyl (C=O) groups excluding carboxylic acids is 2. The number of aryl methyl sites for hydroxylation is 2. The van der Waals surface area contributed by atoms with Gasteiger partial charge >= 0.3 is 0 Å². The number of rotatable bonds is 6. The molecule has 0 aliphatic carbocycles. The molecular weight excluding hydrogens is 324 g/mol. The van der Waals surface area contributed by atoms with Crippen LogP contribution in [0.25, 0.3) is 0 Å². The molecule has 5 heteroatoms. The lowest BCUT2D eigenvalue weighted by molar-refractivity contribution is 0.0942. The first-order valence-corrected chi connectivity index (χ1v) is 7.68. The van der Waals surface area contributed by atoms with Crippen LogP contribution in [0, 0.1) is 13.8 Å². The molecule has 0 aromatic heterocycles. The predicted octanol–water partition coefficient (Wildman–Crippen LogP) is 2.91. The number of ketones is 1. The van der Waals surface area contributed by atoms with E-state index in [4.69, 9.17) is 0 Å². The molecule has 0 radical (unpaired) electrons. The van der Waals surface area contributed by atoms with E-state index in [1.165, 1.54) is 0 Å². The summed E-state index contributed by atoms with van der Waals surface area (Å²) in [7, 11) is 1.82. The van der Waals surface area contributed by atoms with E-state index >= 15 is 0 Å². The Morgan fingerprint density at radius 1 is 0.917 bits per heavy atom. The Balaban J connectivity index is 0.00000288. The molecule has 0 unspecified atom stereocenters. The van der Waals surface area contributed by atoms with Gasteiger partial charge in [0.05, 0.1) is 5.56 Å². The first-order chi connectivity index (χ1) is 11.0. The van der Waals surface area contributed by atoms with Crippen molar-refractivity contribution in [3.05, 3.63) is 70.3 Å². The Hall–Kier alpha value is -2.17. The molecule has 4 nitrogen and oxygen atoms in total. The first-order valence-electron chi connectivity index (χ1n) is 7.68. The van der Waals surface area contributed by atoms with Crippen LogP contribution < -0.4 is 10.6 Å². The Morgan fingerprint density at radius 3 is 2.21 bits per heavy atom. The van der Waals surface area contributed by atoms with Gasteiger partial charge in [-0.3, -0.25) is 9.59 Å². The van der Waals surface area contributed by atoms with Crippen molar-refractivity contribution in [3.63, 3.8) is 0 Å². The summed E-state index contributed by atoms with van der Waals surface area (Å²) >= 11 is 0. The highest BCUT2D eigenvalue weighted by molar-refractivity contribution is 6.15. The van der Waals surface area contributed by atoms with E-state index in [-0.39, 0.29) is 24.1 Å². The summed E-state index contributed by atoms with van der Waals surface area (Å²) in [5.41, 5.74) is 3.64. The standard InChI is InChI=1S/C19H22N2O2.ClH/c1-13-8-9-15(12-14(13)2)18(22)16-6-4-5-7-17(16)19(23)21-11-10-20-3;/h4-9,12,20H,10-11H2,1-3H3,(H,21,23);1H. The van der Waals surface area contributed by atoms with Gasteiger partial charge in [-0.05, 0) is 44.2 Å². The van der Waals surface area contributed by atoms with Gasteiger partial charge in [-0.25, -0.2) is 0 Å². The van der Waals surface area contributed by atoms with Gasteiger partial charge in [0.15, 0.2) is 5.78 Å². The van der Waals surface area contributed by atoms with Gasteiger partial charge in [0.25, 0.3) is 5.91 Å². The Labute approximate surface area is 149 Å². The van der Waals surface area contributed by atoms with E-state index in [1.54, 1.807) is 30.3 Å². The molecule has 0 aliphatic rings. The third-order valence-corrected chi connectivity index (χ3v) is 3.85. The number of likely N-dealkylation sites (N-methyl/N-ethyl adjacent to an activating group) is 1. The second-order valence-corrected chi connectivity index (χ2v) is 5.53. The van der Waals surface area contributed by atoms with Crippen molar-refractivity contribution >= 4 is 24.1 Å². The molecule has 24 heavy (non-hydrogen) atoms. The molecule has 0 saturated heterocycles. The number of nitrogens with one attached hydrogen (secondary N) is 2. The maximum atomic E-state index is 12.8. The maximum Gasteiger partial charge on any atom is 0.252 e. The topological polar surface area (TPSA) is 58.2 Å². The third kappa shape index (κ3) is 4.66. The molecule has 0 atom stereocenters. The summed E-state index contributed by atoms with van der Waals surface area (Å²) in [5.74, 6) is -0.361. The molecule has 0 heterocycles. The number of halogens is 1. The molecule has 1 amide bonds. The maximum absolute atomic E-state index is 12.8. The molecular formula is C19H23ClN2O2. The second kappa shape index (κ2) is 9.21. The van der Waals surface area contributed by atoms with Gasteiger partial charge in [0.1, 0.15) is 0 Å². The van der Waals surface area contributed by atoms with Crippen LogP contribution in [0.4, 0.5) is 0 Å². The Bertz CT molecular complexity index is 729. The summed E-state index contributed by atoms with van der Waals surface area (Å²) in [4.78, 5) is 25.1. The average molecular weight is 347 g/mol. The molecule has 0 aliphatic heterocycles. The second-order valence-electron chi connectivity index (χ2n) is 5.53. The fourth-order valence-electron chi connectivity index (χ4n) is 2.31. The van der Waals surface area contributed by atoms with E-state index in [0.717, 1.165) is 11.1 Å².